The lowest BCUT2D eigenvalue weighted by atomic mass is 9.80. The van der Waals surface area contributed by atoms with Gasteiger partial charge in [0.2, 0.25) is 0 Å². The minimum absolute atomic E-state index is 0.0818. The van der Waals surface area contributed by atoms with E-state index >= 15 is 0 Å². The lowest BCUT2D eigenvalue weighted by Gasteiger charge is -2.32. The lowest BCUT2D eigenvalue weighted by Crippen LogP contribution is -2.31. The average Bonchev–Trinajstić information content (AvgIpc) is 2.15. The summed E-state index contributed by atoms with van der Waals surface area (Å²) in [6.45, 7) is 2.10. The second kappa shape index (κ2) is 4.47. The third-order valence-electron chi connectivity index (χ3n) is 3.19. The van der Waals surface area contributed by atoms with Crippen molar-refractivity contribution in [3.05, 3.63) is 28.4 Å². The molecular formula is C11H15N3O2. The third kappa shape index (κ3) is 2.29. The van der Waals surface area contributed by atoms with Crippen LogP contribution in [0.15, 0.2) is 18.3 Å². The van der Waals surface area contributed by atoms with Crippen LogP contribution in [0.1, 0.15) is 26.2 Å². The molecule has 1 saturated carbocycles. The van der Waals surface area contributed by atoms with Gasteiger partial charge in [0.15, 0.2) is 0 Å². The molecule has 5 heteroatoms. The van der Waals surface area contributed by atoms with Gasteiger partial charge in [0.1, 0.15) is 5.82 Å². The van der Waals surface area contributed by atoms with Gasteiger partial charge in [-0.3, -0.25) is 10.1 Å². The lowest BCUT2D eigenvalue weighted by molar-refractivity contribution is -0.384. The molecule has 1 aromatic heterocycles. The fourth-order valence-electron chi connectivity index (χ4n) is 1.90. The normalized spacial score (nSPS) is 17.6. The van der Waals surface area contributed by atoms with Crippen LogP contribution < -0.4 is 5.32 Å². The van der Waals surface area contributed by atoms with Crippen LogP contribution in [0.5, 0.6) is 0 Å². The van der Waals surface area contributed by atoms with Crippen LogP contribution in [-0.2, 0) is 0 Å². The van der Waals surface area contributed by atoms with Crippen LogP contribution in [0.25, 0.3) is 0 Å². The van der Waals surface area contributed by atoms with Crippen molar-refractivity contribution >= 4 is 11.5 Å². The number of nitrogens with zero attached hydrogens (tertiary/aromatic N) is 2. The minimum Gasteiger partial charge on any atom is -0.367 e. The smallest absolute Gasteiger partial charge is 0.274 e. The number of pyridine rings is 1. The second-order valence-electron chi connectivity index (χ2n) is 4.28. The first-order valence-corrected chi connectivity index (χ1v) is 5.54. The first-order chi connectivity index (χ1) is 7.66. The quantitative estimate of drug-likeness (QED) is 0.626. The molecule has 1 aliphatic carbocycles. The Hall–Kier alpha value is -1.65. The number of aromatic nitrogens is 1. The van der Waals surface area contributed by atoms with Crippen molar-refractivity contribution in [3.8, 4) is 0 Å². The molecule has 1 fully saturated rings. The Morgan fingerprint density at radius 1 is 1.62 bits per heavy atom. The highest BCUT2D eigenvalue weighted by molar-refractivity contribution is 5.44. The van der Waals surface area contributed by atoms with E-state index in [9.17, 15) is 10.1 Å². The number of hydrogen-bond donors (Lipinski definition) is 1. The van der Waals surface area contributed by atoms with Crippen molar-refractivity contribution in [2.75, 3.05) is 5.32 Å². The predicted octanol–water partition coefficient (Wildman–Crippen LogP) is 2.59. The molecule has 1 N–H and O–H groups in total. The Bertz CT molecular complexity index is 391. The summed E-state index contributed by atoms with van der Waals surface area (Å²) in [6.07, 6.45) is 5.24. The van der Waals surface area contributed by atoms with E-state index in [0.717, 1.165) is 0 Å². The first kappa shape index (κ1) is 10.9. The number of rotatable bonds is 4. The molecular weight excluding hydrogens is 206 g/mol. The molecule has 0 radical (unpaired) electrons. The highest BCUT2D eigenvalue weighted by atomic mass is 16.6. The van der Waals surface area contributed by atoms with Gasteiger partial charge in [-0.1, -0.05) is 6.42 Å². The number of nitrogens with one attached hydrogen (secondary N) is 1. The zero-order chi connectivity index (χ0) is 11.5. The van der Waals surface area contributed by atoms with E-state index in [4.69, 9.17) is 0 Å². The summed E-state index contributed by atoms with van der Waals surface area (Å²) in [6, 6.07) is 3.22. The number of nitro groups is 1. The zero-order valence-corrected chi connectivity index (χ0v) is 9.22. The zero-order valence-electron chi connectivity index (χ0n) is 9.22. The Morgan fingerprint density at radius 3 is 2.94 bits per heavy atom. The van der Waals surface area contributed by atoms with Gasteiger partial charge >= 0.3 is 0 Å². The molecule has 86 valence electrons. The van der Waals surface area contributed by atoms with Gasteiger partial charge in [-0.25, -0.2) is 4.98 Å². The Balaban J connectivity index is 2.02. The van der Waals surface area contributed by atoms with E-state index in [1.165, 1.54) is 37.6 Å². The van der Waals surface area contributed by atoms with Gasteiger partial charge in [0, 0.05) is 18.3 Å². The maximum atomic E-state index is 10.6. The van der Waals surface area contributed by atoms with E-state index in [0.29, 0.717) is 17.8 Å². The maximum Gasteiger partial charge on any atom is 0.274 e. The summed E-state index contributed by atoms with van der Waals surface area (Å²) in [7, 11) is 0. The minimum atomic E-state index is -0.402. The van der Waals surface area contributed by atoms with Gasteiger partial charge in [0.25, 0.3) is 5.69 Å². The topological polar surface area (TPSA) is 68.1 Å². The van der Waals surface area contributed by atoms with Crippen LogP contribution in [0.4, 0.5) is 11.5 Å². The molecule has 1 atom stereocenters. The molecule has 1 heterocycles. The van der Waals surface area contributed by atoms with Crippen molar-refractivity contribution in [3.63, 3.8) is 0 Å². The summed E-state index contributed by atoms with van der Waals surface area (Å²) in [5, 5.41) is 13.8. The van der Waals surface area contributed by atoms with Gasteiger partial charge in [-0.2, -0.15) is 0 Å². The monoisotopic (exact) mass is 221 g/mol. The van der Waals surface area contributed by atoms with Crippen molar-refractivity contribution in [1.82, 2.24) is 4.98 Å². The molecule has 1 unspecified atom stereocenters. The molecule has 0 spiro atoms. The van der Waals surface area contributed by atoms with Gasteiger partial charge in [-0.05, 0) is 25.7 Å². The molecule has 0 bridgehead atoms. The van der Waals surface area contributed by atoms with Crippen molar-refractivity contribution in [2.24, 2.45) is 5.92 Å². The molecule has 0 saturated heterocycles. The molecule has 5 nitrogen and oxygen atoms in total. The molecule has 0 aliphatic heterocycles. The van der Waals surface area contributed by atoms with Gasteiger partial charge in [-0.15, -0.1) is 0 Å². The van der Waals surface area contributed by atoms with Crippen LogP contribution in [0, 0.1) is 16.0 Å². The molecule has 1 aliphatic rings. The Labute approximate surface area is 94.0 Å². The largest absolute Gasteiger partial charge is 0.367 e. The number of anilines is 1. The molecule has 0 amide bonds. The Morgan fingerprint density at radius 2 is 2.38 bits per heavy atom. The summed E-state index contributed by atoms with van der Waals surface area (Å²) >= 11 is 0. The van der Waals surface area contributed by atoms with Crippen LogP contribution in [-0.4, -0.2) is 15.9 Å². The van der Waals surface area contributed by atoms with E-state index in [1.54, 1.807) is 0 Å². The van der Waals surface area contributed by atoms with Crippen LogP contribution in [0.2, 0.25) is 0 Å². The maximum absolute atomic E-state index is 10.6. The molecule has 2 rings (SSSR count). The standard InChI is InChI=1S/C11H15N3O2/c1-8(9-3-2-4-9)13-11-7-10(14(15)16)5-6-12-11/h5-9H,2-4H2,1H3,(H,12,13). The third-order valence-corrected chi connectivity index (χ3v) is 3.19. The molecule has 1 aromatic rings. The Kier molecular flexibility index (Phi) is 3.03. The van der Waals surface area contributed by atoms with Crippen molar-refractivity contribution in [2.45, 2.75) is 32.2 Å². The summed E-state index contributed by atoms with van der Waals surface area (Å²) in [5.74, 6) is 1.27. The highest BCUT2D eigenvalue weighted by Crippen LogP contribution is 2.31. The predicted molar refractivity (Wildman–Crippen MR) is 61.3 cm³/mol. The van der Waals surface area contributed by atoms with Gasteiger partial charge < -0.3 is 5.32 Å². The number of hydrogen-bond acceptors (Lipinski definition) is 4. The fourth-order valence-corrected chi connectivity index (χ4v) is 1.90. The summed E-state index contributed by atoms with van der Waals surface area (Å²) in [5.41, 5.74) is 0.0818. The molecule has 16 heavy (non-hydrogen) atoms. The summed E-state index contributed by atoms with van der Waals surface area (Å²) < 4.78 is 0. The van der Waals surface area contributed by atoms with Crippen molar-refractivity contribution < 1.29 is 4.92 Å². The summed E-state index contributed by atoms with van der Waals surface area (Å²) in [4.78, 5) is 14.3. The molecule has 0 aromatic carbocycles. The van der Waals surface area contributed by atoms with E-state index in [1.807, 2.05) is 0 Å². The van der Waals surface area contributed by atoms with E-state index < -0.39 is 4.92 Å². The van der Waals surface area contributed by atoms with E-state index in [2.05, 4.69) is 17.2 Å². The first-order valence-electron chi connectivity index (χ1n) is 5.54. The van der Waals surface area contributed by atoms with Gasteiger partial charge in [0.05, 0.1) is 11.0 Å². The average molecular weight is 221 g/mol. The van der Waals surface area contributed by atoms with Crippen molar-refractivity contribution in [1.29, 1.82) is 0 Å². The second-order valence-corrected chi connectivity index (χ2v) is 4.28. The fraction of sp³-hybridized carbons (Fsp3) is 0.545. The van der Waals surface area contributed by atoms with E-state index in [-0.39, 0.29) is 5.69 Å². The van der Waals surface area contributed by atoms with Crippen LogP contribution in [0.3, 0.4) is 0 Å². The van der Waals surface area contributed by atoms with Crippen LogP contribution >= 0.6 is 0 Å². The SMILES string of the molecule is CC(Nc1cc([N+](=O)[O-])ccn1)C1CCC1. The highest BCUT2D eigenvalue weighted by Gasteiger charge is 2.24.